The Morgan fingerprint density at radius 1 is 1.20 bits per heavy atom. The topological polar surface area (TPSA) is 77.2 Å². The lowest BCUT2D eigenvalue weighted by molar-refractivity contribution is 0.103. The van der Waals surface area contributed by atoms with Crippen molar-refractivity contribution in [3.8, 4) is 17.0 Å². The van der Waals surface area contributed by atoms with Crippen LogP contribution < -0.4 is 15.8 Å². The molecule has 0 unspecified atom stereocenters. The summed E-state index contributed by atoms with van der Waals surface area (Å²) in [6.45, 7) is 2.01. The molecule has 0 saturated carbocycles. The van der Waals surface area contributed by atoms with Gasteiger partial charge >= 0.3 is 0 Å². The maximum absolute atomic E-state index is 12.9. The van der Waals surface area contributed by atoms with Gasteiger partial charge in [0.15, 0.2) is 0 Å². The van der Waals surface area contributed by atoms with Gasteiger partial charge in [-0.25, -0.2) is 4.98 Å². The standard InChI is InChI=1S/C23H20ClN3O2S/c1-3-13-11-15(24)7-9-18(13)26-22(28)21-20(25)17-8-10-19(27-23(17)30-21)14-5-4-6-16(12-14)29-2/h4-12H,3,25H2,1-2H3,(H,26,28). The molecule has 0 fully saturated rings. The van der Waals surface area contributed by atoms with Crippen molar-refractivity contribution in [2.45, 2.75) is 13.3 Å². The van der Waals surface area contributed by atoms with Gasteiger partial charge in [-0.1, -0.05) is 30.7 Å². The minimum Gasteiger partial charge on any atom is -0.497 e. The quantitative estimate of drug-likeness (QED) is 0.400. The molecule has 4 rings (SSSR count). The first-order chi connectivity index (χ1) is 14.5. The van der Waals surface area contributed by atoms with Gasteiger partial charge in [0, 0.05) is 21.7 Å². The highest BCUT2D eigenvalue weighted by molar-refractivity contribution is 7.21. The third-order valence-electron chi connectivity index (χ3n) is 4.86. The molecule has 152 valence electrons. The number of rotatable bonds is 5. The predicted molar refractivity (Wildman–Crippen MR) is 125 cm³/mol. The smallest absolute Gasteiger partial charge is 0.267 e. The van der Waals surface area contributed by atoms with Gasteiger partial charge in [-0.15, -0.1) is 11.3 Å². The van der Waals surface area contributed by atoms with Crippen LogP contribution >= 0.6 is 22.9 Å². The Hall–Kier alpha value is -3.09. The Bertz CT molecular complexity index is 1250. The highest BCUT2D eigenvalue weighted by atomic mass is 35.5. The number of halogens is 1. The number of nitrogens with two attached hydrogens (primary N) is 1. The van der Waals surface area contributed by atoms with Gasteiger partial charge in [0.2, 0.25) is 0 Å². The van der Waals surface area contributed by atoms with E-state index in [9.17, 15) is 4.79 Å². The molecule has 2 heterocycles. The zero-order valence-corrected chi connectivity index (χ0v) is 18.1. The number of hydrogen-bond acceptors (Lipinski definition) is 5. The fourth-order valence-electron chi connectivity index (χ4n) is 3.26. The summed E-state index contributed by atoms with van der Waals surface area (Å²) in [5.74, 6) is 0.505. The van der Waals surface area contributed by atoms with E-state index in [1.54, 1.807) is 13.2 Å². The SMILES string of the molecule is CCc1cc(Cl)ccc1NC(=O)c1sc2nc(-c3cccc(OC)c3)ccc2c1N. The van der Waals surface area contributed by atoms with E-state index < -0.39 is 0 Å². The number of thiophene rings is 1. The Balaban J connectivity index is 1.68. The molecule has 0 bridgehead atoms. The summed E-state index contributed by atoms with van der Waals surface area (Å²) in [7, 11) is 1.63. The third kappa shape index (κ3) is 3.84. The Kier molecular flexibility index (Phi) is 5.61. The minimum absolute atomic E-state index is 0.254. The number of carbonyl (C=O) groups excluding carboxylic acids is 1. The zero-order valence-electron chi connectivity index (χ0n) is 16.5. The summed E-state index contributed by atoms with van der Waals surface area (Å²) in [5, 5.41) is 4.36. The van der Waals surface area contributed by atoms with Crippen molar-refractivity contribution in [1.29, 1.82) is 0 Å². The van der Waals surface area contributed by atoms with Crippen LogP contribution in [0.2, 0.25) is 5.02 Å². The molecular weight excluding hydrogens is 418 g/mol. The molecule has 2 aromatic heterocycles. The van der Waals surface area contributed by atoms with E-state index in [4.69, 9.17) is 27.1 Å². The van der Waals surface area contributed by atoms with Gasteiger partial charge in [-0.05, 0) is 54.4 Å². The molecule has 1 amide bonds. The Morgan fingerprint density at radius 2 is 2.03 bits per heavy atom. The van der Waals surface area contributed by atoms with E-state index in [1.807, 2.05) is 55.5 Å². The summed E-state index contributed by atoms with van der Waals surface area (Å²) in [5.41, 5.74) is 10.1. The fraction of sp³-hybridized carbons (Fsp3) is 0.130. The number of pyridine rings is 1. The van der Waals surface area contributed by atoms with Gasteiger partial charge < -0.3 is 15.8 Å². The number of nitrogens with zero attached hydrogens (tertiary/aromatic N) is 1. The Labute approximate surface area is 183 Å². The summed E-state index contributed by atoms with van der Waals surface area (Å²) >= 11 is 7.35. The van der Waals surface area contributed by atoms with E-state index in [-0.39, 0.29) is 5.91 Å². The maximum Gasteiger partial charge on any atom is 0.267 e. The molecule has 0 aliphatic carbocycles. The van der Waals surface area contributed by atoms with Crippen LogP contribution in [-0.4, -0.2) is 18.0 Å². The van der Waals surface area contributed by atoms with Gasteiger partial charge in [-0.3, -0.25) is 4.79 Å². The number of nitrogens with one attached hydrogen (secondary N) is 1. The van der Waals surface area contributed by atoms with Gasteiger partial charge in [0.25, 0.3) is 5.91 Å². The van der Waals surface area contributed by atoms with Crippen molar-refractivity contribution in [3.05, 3.63) is 70.1 Å². The lowest BCUT2D eigenvalue weighted by Gasteiger charge is -2.10. The van der Waals surface area contributed by atoms with Crippen molar-refractivity contribution < 1.29 is 9.53 Å². The second-order valence-electron chi connectivity index (χ2n) is 6.74. The predicted octanol–water partition coefficient (Wildman–Crippen LogP) is 6.02. The summed E-state index contributed by atoms with van der Waals surface area (Å²) in [4.78, 5) is 18.8. The van der Waals surface area contributed by atoms with E-state index in [0.717, 1.165) is 40.1 Å². The first kappa shape index (κ1) is 20.2. The molecule has 0 radical (unpaired) electrons. The van der Waals surface area contributed by atoms with Crippen molar-refractivity contribution in [2.24, 2.45) is 0 Å². The van der Waals surface area contributed by atoms with Crippen molar-refractivity contribution in [3.63, 3.8) is 0 Å². The average molecular weight is 438 g/mol. The van der Waals surface area contributed by atoms with Crippen molar-refractivity contribution >= 4 is 50.4 Å². The number of amides is 1. The zero-order chi connectivity index (χ0) is 21.3. The van der Waals surface area contributed by atoms with Gasteiger partial charge in [0.05, 0.1) is 18.5 Å². The van der Waals surface area contributed by atoms with E-state index in [2.05, 4.69) is 5.32 Å². The molecule has 3 N–H and O–H groups in total. The highest BCUT2D eigenvalue weighted by Gasteiger charge is 2.19. The highest BCUT2D eigenvalue weighted by Crippen LogP contribution is 2.35. The largest absolute Gasteiger partial charge is 0.497 e. The van der Waals surface area contributed by atoms with Crippen LogP contribution in [0.4, 0.5) is 11.4 Å². The number of nitrogen functional groups attached to an aromatic ring is 1. The monoisotopic (exact) mass is 437 g/mol. The van der Waals surface area contributed by atoms with Crippen LogP contribution in [0.3, 0.4) is 0 Å². The number of anilines is 2. The van der Waals surface area contributed by atoms with Crippen LogP contribution in [0, 0.1) is 0 Å². The number of ether oxygens (including phenoxy) is 1. The minimum atomic E-state index is -0.254. The van der Waals surface area contributed by atoms with E-state index >= 15 is 0 Å². The van der Waals surface area contributed by atoms with Gasteiger partial charge in [-0.2, -0.15) is 0 Å². The Morgan fingerprint density at radius 3 is 2.80 bits per heavy atom. The molecular formula is C23H20ClN3O2S. The first-order valence-electron chi connectivity index (χ1n) is 9.43. The fourth-order valence-corrected chi connectivity index (χ4v) is 4.45. The third-order valence-corrected chi connectivity index (χ3v) is 6.21. The molecule has 4 aromatic rings. The van der Waals surface area contributed by atoms with Crippen molar-refractivity contribution in [1.82, 2.24) is 4.98 Å². The van der Waals surface area contributed by atoms with Crippen LogP contribution in [0.25, 0.3) is 21.5 Å². The number of aryl methyl sites for hydroxylation is 1. The lowest BCUT2D eigenvalue weighted by atomic mass is 10.1. The van der Waals surface area contributed by atoms with E-state index in [1.165, 1.54) is 11.3 Å². The van der Waals surface area contributed by atoms with Gasteiger partial charge in [0.1, 0.15) is 15.5 Å². The number of methoxy groups -OCH3 is 1. The molecule has 30 heavy (non-hydrogen) atoms. The molecule has 0 aliphatic heterocycles. The number of aromatic nitrogens is 1. The average Bonchev–Trinajstić information content (AvgIpc) is 3.11. The van der Waals surface area contributed by atoms with Crippen molar-refractivity contribution in [2.75, 3.05) is 18.2 Å². The second-order valence-corrected chi connectivity index (χ2v) is 8.17. The molecule has 0 saturated heterocycles. The maximum atomic E-state index is 12.9. The number of hydrogen-bond donors (Lipinski definition) is 2. The molecule has 0 atom stereocenters. The number of fused-ring (bicyclic) bond motifs is 1. The molecule has 2 aromatic carbocycles. The van der Waals surface area contributed by atoms with Crippen LogP contribution in [0.15, 0.2) is 54.6 Å². The van der Waals surface area contributed by atoms with Crippen LogP contribution in [0.1, 0.15) is 22.2 Å². The molecule has 0 spiro atoms. The molecule has 7 heteroatoms. The first-order valence-corrected chi connectivity index (χ1v) is 10.6. The summed E-state index contributed by atoms with van der Waals surface area (Å²) < 4.78 is 5.29. The summed E-state index contributed by atoms with van der Waals surface area (Å²) in [6.07, 6.45) is 0.753. The van der Waals surface area contributed by atoms with Crippen LogP contribution in [0.5, 0.6) is 5.75 Å². The molecule has 5 nitrogen and oxygen atoms in total. The van der Waals surface area contributed by atoms with E-state index in [0.29, 0.717) is 20.4 Å². The number of benzene rings is 2. The summed E-state index contributed by atoms with van der Waals surface area (Å²) in [6, 6.07) is 16.9. The lowest BCUT2D eigenvalue weighted by Crippen LogP contribution is -2.13. The normalized spacial score (nSPS) is 10.9. The number of carbonyl (C=O) groups is 1. The van der Waals surface area contributed by atoms with Crippen LogP contribution in [-0.2, 0) is 6.42 Å². The second kappa shape index (κ2) is 8.34. The molecule has 0 aliphatic rings.